The van der Waals surface area contributed by atoms with E-state index in [1.165, 1.54) is 0 Å². The maximum Gasteiger partial charge on any atom is 0.320 e. The number of aromatic nitrogens is 2. The summed E-state index contributed by atoms with van der Waals surface area (Å²) in [6.45, 7) is 3.79. The molecule has 0 unspecified atom stereocenters. The van der Waals surface area contributed by atoms with Gasteiger partial charge in [0, 0.05) is 11.1 Å². The Morgan fingerprint density at radius 1 is 1.21 bits per heavy atom. The molecule has 2 N–H and O–H groups in total. The Hall–Kier alpha value is -3.70. The van der Waals surface area contributed by atoms with Gasteiger partial charge in [0.1, 0.15) is 18.4 Å². The van der Waals surface area contributed by atoms with Gasteiger partial charge in [-0.3, -0.25) is 4.79 Å². The average molecular weight is 392 g/mol. The van der Waals surface area contributed by atoms with Crippen LogP contribution < -0.4 is 10.5 Å². The molecule has 1 aromatic heterocycles. The van der Waals surface area contributed by atoms with Crippen LogP contribution in [0.1, 0.15) is 25.0 Å². The Kier molecular flexibility index (Phi) is 6.22. The van der Waals surface area contributed by atoms with Gasteiger partial charge in [0.2, 0.25) is 5.82 Å². The van der Waals surface area contributed by atoms with Crippen molar-refractivity contribution in [1.82, 2.24) is 10.1 Å². The first-order valence-electron chi connectivity index (χ1n) is 9.00. The van der Waals surface area contributed by atoms with Crippen molar-refractivity contribution >= 4 is 5.97 Å². The number of nitriles is 1. The Morgan fingerprint density at radius 2 is 1.93 bits per heavy atom. The molecular weight excluding hydrogens is 372 g/mol. The SMILES string of the molecule is CC(C)Oc1ccc(-c2nc(-c3ccc(COC(=O)CN)cc3)no2)cc1C#N. The van der Waals surface area contributed by atoms with E-state index in [2.05, 4.69) is 16.2 Å². The zero-order valence-electron chi connectivity index (χ0n) is 16.1. The van der Waals surface area contributed by atoms with E-state index in [0.717, 1.165) is 11.1 Å². The fourth-order valence-corrected chi connectivity index (χ4v) is 2.54. The first-order chi connectivity index (χ1) is 14.0. The van der Waals surface area contributed by atoms with Crippen molar-refractivity contribution < 1.29 is 18.8 Å². The predicted molar refractivity (Wildman–Crippen MR) is 104 cm³/mol. The van der Waals surface area contributed by atoms with Crippen molar-refractivity contribution in [3.63, 3.8) is 0 Å². The summed E-state index contributed by atoms with van der Waals surface area (Å²) in [5, 5.41) is 13.4. The highest BCUT2D eigenvalue weighted by Gasteiger charge is 2.14. The highest BCUT2D eigenvalue weighted by Crippen LogP contribution is 2.28. The van der Waals surface area contributed by atoms with Gasteiger partial charge >= 0.3 is 5.97 Å². The maximum atomic E-state index is 11.1. The van der Waals surface area contributed by atoms with Gasteiger partial charge in [-0.25, -0.2) is 0 Å². The van der Waals surface area contributed by atoms with Crippen molar-refractivity contribution in [3.8, 4) is 34.7 Å². The lowest BCUT2D eigenvalue weighted by atomic mass is 10.1. The van der Waals surface area contributed by atoms with Crippen LogP contribution >= 0.6 is 0 Å². The smallest absolute Gasteiger partial charge is 0.320 e. The van der Waals surface area contributed by atoms with Gasteiger partial charge in [-0.1, -0.05) is 29.4 Å². The number of nitrogens with zero attached hydrogens (tertiary/aromatic N) is 3. The molecule has 0 spiro atoms. The number of hydrogen-bond acceptors (Lipinski definition) is 8. The van der Waals surface area contributed by atoms with Crippen LogP contribution in [0.3, 0.4) is 0 Å². The molecular formula is C21H20N4O4. The fourth-order valence-electron chi connectivity index (χ4n) is 2.54. The molecule has 0 atom stereocenters. The third-order valence-corrected chi connectivity index (χ3v) is 3.91. The van der Waals surface area contributed by atoms with Crippen LogP contribution in [0.15, 0.2) is 47.0 Å². The van der Waals surface area contributed by atoms with Gasteiger partial charge in [0.05, 0.1) is 18.2 Å². The number of benzene rings is 2. The van der Waals surface area contributed by atoms with Gasteiger partial charge < -0.3 is 19.7 Å². The second kappa shape index (κ2) is 8.99. The zero-order chi connectivity index (χ0) is 20.8. The maximum absolute atomic E-state index is 11.1. The minimum atomic E-state index is -0.460. The van der Waals surface area contributed by atoms with E-state index >= 15 is 0 Å². The van der Waals surface area contributed by atoms with Crippen LogP contribution in [0.4, 0.5) is 0 Å². The van der Waals surface area contributed by atoms with Crippen LogP contribution in [0.25, 0.3) is 22.8 Å². The summed E-state index contributed by atoms with van der Waals surface area (Å²) < 4.78 is 16.0. The Bertz CT molecular complexity index is 1040. The third-order valence-electron chi connectivity index (χ3n) is 3.91. The van der Waals surface area contributed by atoms with E-state index in [9.17, 15) is 10.1 Å². The normalized spacial score (nSPS) is 10.6. The molecule has 1 heterocycles. The lowest BCUT2D eigenvalue weighted by Gasteiger charge is -2.11. The highest BCUT2D eigenvalue weighted by atomic mass is 16.5. The van der Waals surface area contributed by atoms with Gasteiger partial charge in [0.15, 0.2) is 0 Å². The van der Waals surface area contributed by atoms with Crippen LogP contribution in [-0.2, 0) is 16.1 Å². The molecule has 0 aliphatic carbocycles. The minimum Gasteiger partial charge on any atom is -0.490 e. The fraction of sp³-hybridized carbons (Fsp3) is 0.238. The summed E-state index contributed by atoms with van der Waals surface area (Å²) in [4.78, 5) is 15.5. The van der Waals surface area contributed by atoms with E-state index < -0.39 is 5.97 Å². The molecule has 8 heteroatoms. The van der Waals surface area contributed by atoms with Crippen LogP contribution in [0, 0.1) is 11.3 Å². The van der Waals surface area contributed by atoms with Crippen molar-refractivity contribution in [2.24, 2.45) is 5.73 Å². The number of ether oxygens (including phenoxy) is 2. The number of carbonyl (C=O) groups excluding carboxylic acids is 1. The summed E-state index contributed by atoms with van der Waals surface area (Å²) >= 11 is 0. The summed E-state index contributed by atoms with van der Waals surface area (Å²) in [5.74, 6) is 0.760. The van der Waals surface area contributed by atoms with Crippen molar-refractivity contribution in [2.75, 3.05) is 6.54 Å². The molecule has 29 heavy (non-hydrogen) atoms. The van der Waals surface area contributed by atoms with Gasteiger partial charge in [-0.15, -0.1) is 0 Å². The average Bonchev–Trinajstić information content (AvgIpc) is 3.22. The number of rotatable bonds is 7. The van der Waals surface area contributed by atoms with E-state index in [4.69, 9.17) is 19.7 Å². The second-order valence-electron chi connectivity index (χ2n) is 6.47. The molecule has 3 aromatic rings. The zero-order valence-corrected chi connectivity index (χ0v) is 16.1. The third kappa shape index (κ3) is 4.97. The van der Waals surface area contributed by atoms with Gasteiger partial charge in [0.25, 0.3) is 5.89 Å². The molecule has 0 aliphatic rings. The second-order valence-corrected chi connectivity index (χ2v) is 6.47. The van der Waals surface area contributed by atoms with E-state index in [1.807, 2.05) is 13.8 Å². The van der Waals surface area contributed by atoms with E-state index in [1.54, 1.807) is 42.5 Å². The summed E-state index contributed by atoms with van der Waals surface area (Å²) in [6, 6.07) is 14.5. The lowest BCUT2D eigenvalue weighted by molar-refractivity contribution is -0.143. The monoisotopic (exact) mass is 392 g/mol. The molecule has 0 amide bonds. The molecule has 0 aliphatic heterocycles. The molecule has 148 valence electrons. The first kappa shape index (κ1) is 20.0. The van der Waals surface area contributed by atoms with Gasteiger partial charge in [-0.05, 0) is 37.6 Å². The standard InChI is InChI=1S/C21H20N4O4/c1-13(2)28-18-8-7-16(9-17(18)10-22)21-24-20(25-29-21)15-5-3-14(4-6-15)12-27-19(26)11-23/h3-9,13H,11-12,23H2,1-2H3. The Morgan fingerprint density at radius 3 is 2.59 bits per heavy atom. The summed E-state index contributed by atoms with van der Waals surface area (Å²) in [7, 11) is 0. The summed E-state index contributed by atoms with van der Waals surface area (Å²) in [6.07, 6.45) is -0.0373. The molecule has 3 rings (SSSR count). The molecule has 0 radical (unpaired) electrons. The Balaban J connectivity index is 1.77. The highest BCUT2D eigenvalue weighted by molar-refractivity contribution is 5.71. The number of hydrogen-bond donors (Lipinski definition) is 1. The molecule has 2 aromatic carbocycles. The predicted octanol–water partition coefficient (Wildman–Crippen LogP) is 3.06. The topological polar surface area (TPSA) is 124 Å². The van der Waals surface area contributed by atoms with Crippen LogP contribution in [-0.4, -0.2) is 28.8 Å². The number of carbonyl (C=O) groups is 1. The van der Waals surface area contributed by atoms with Crippen LogP contribution in [0.5, 0.6) is 5.75 Å². The Labute approximate surface area is 167 Å². The molecule has 0 fully saturated rings. The molecule has 0 bridgehead atoms. The van der Waals surface area contributed by atoms with Crippen molar-refractivity contribution in [3.05, 3.63) is 53.6 Å². The number of nitrogens with two attached hydrogens (primary N) is 1. The van der Waals surface area contributed by atoms with Crippen LogP contribution in [0.2, 0.25) is 0 Å². The number of esters is 1. The molecule has 8 nitrogen and oxygen atoms in total. The van der Waals surface area contributed by atoms with Gasteiger partial charge in [-0.2, -0.15) is 10.2 Å². The van der Waals surface area contributed by atoms with Crippen molar-refractivity contribution in [2.45, 2.75) is 26.6 Å². The largest absolute Gasteiger partial charge is 0.490 e. The first-order valence-corrected chi connectivity index (χ1v) is 9.00. The molecule has 0 saturated heterocycles. The molecule has 0 saturated carbocycles. The lowest BCUT2D eigenvalue weighted by Crippen LogP contribution is -2.16. The minimum absolute atomic E-state index is 0.0373. The van der Waals surface area contributed by atoms with E-state index in [0.29, 0.717) is 28.6 Å². The summed E-state index contributed by atoms with van der Waals surface area (Å²) in [5.41, 5.74) is 7.79. The van der Waals surface area contributed by atoms with E-state index in [-0.39, 0.29) is 19.3 Å². The van der Waals surface area contributed by atoms with Crippen molar-refractivity contribution in [1.29, 1.82) is 5.26 Å². The quantitative estimate of drug-likeness (QED) is 0.608.